The normalized spacial score (nSPS) is 26.3. The van der Waals surface area contributed by atoms with Gasteiger partial charge in [-0.2, -0.15) is 0 Å². The molecular formula is C16H30N2O4. The molecule has 6 heteroatoms. The monoisotopic (exact) mass is 314 g/mol. The van der Waals surface area contributed by atoms with Crippen molar-refractivity contribution in [1.29, 1.82) is 0 Å². The van der Waals surface area contributed by atoms with Crippen LogP contribution in [0.15, 0.2) is 0 Å². The molecule has 0 aliphatic carbocycles. The van der Waals surface area contributed by atoms with Crippen molar-refractivity contribution >= 4 is 12.0 Å². The first-order chi connectivity index (χ1) is 10.0. The SMILES string of the molecule is CO[C@@H]1CCN(C(=O)OC(C)(C)C)CC[C@]1(C)C(=O)N(C)C. The van der Waals surface area contributed by atoms with Crippen LogP contribution in [-0.4, -0.2) is 67.8 Å². The summed E-state index contributed by atoms with van der Waals surface area (Å²) in [5.41, 5.74) is -1.15. The quantitative estimate of drug-likeness (QED) is 0.783. The number of rotatable bonds is 2. The Morgan fingerprint density at radius 1 is 1.23 bits per heavy atom. The molecule has 1 fully saturated rings. The maximum Gasteiger partial charge on any atom is 0.410 e. The summed E-state index contributed by atoms with van der Waals surface area (Å²) in [6.07, 6.45) is 0.631. The molecule has 0 aromatic heterocycles. The first-order valence-electron chi connectivity index (χ1n) is 7.74. The van der Waals surface area contributed by atoms with Crippen molar-refractivity contribution in [2.24, 2.45) is 5.41 Å². The van der Waals surface area contributed by atoms with Gasteiger partial charge in [0.2, 0.25) is 5.91 Å². The van der Waals surface area contributed by atoms with Crippen molar-refractivity contribution in [3.63, 3.8) is 0 Å². The fourth-order valence-corrected chi connectivity index (χ4v) is 2.87. The summed E-state index contributed by atoms with van der Waals surface area (Å²) >= 11 is 0. The molecule has 0 N–H and O–H groups in total. The van der Waals surface area contributed by atoms with E-state index < -0.39 is 11.0 Å². The minimum absolute atomic E-state index is 0.0328. The Hall–Kier alpha value is -1.30. The maximum absolute atomic E-state index is 12.6. The number of ether oxygens (including phenoxy) is 2. The van der Waals surface area contributed by atoms with Gasteiger partial charge < -0.3 is 19.3 Å². The second kappa shape index (κ2) is 6.86. The van der Waals surface area contributed by atoms with Crippen LogP contribution in [0.4, 0.5) is 4.79 Å². The minimum Gasteiger partial charge on any atom is -0.444 e. The Kier molecular flexibility index (Phi) is 5.84. The number of amides is 2. The van der Waals surface area contributed by atoms with Gasteiger partial charge in [-0.05, 0) is 40.5 Å². The number of methoxy groups -OCH3 is 1. The highest BCUT2D eigenvalue weighted by atomic mass is 16.6. The molecule has 1 saturated heterocycles. The van der Waals surface area contributed by atoms with Crippen molar-refractivity contribution < 1.29 is 19.1 Å². The molecule has 0 spiro atoms. The van der Waals surface area contributed by atoms with Crippen molar-refractivity contribution in [1.82, 2.24) is 9.80 Å². The molecule has 0 aromatic carbocycles. The third kappa shape index (κ3) is 4.35. The van der Waals surface area contributed by atoms with E-state index in [1.165, 1.54) is 0 Å². The van der Waals surface area contributed by atoms with Gasteiger partial charge in [-0.15, -0.1) is 0 Å². The highest BCUT2D eigenvalue weighted by Crippen LogP contribution is 2.35. The van der Waals surface area contributed by atoms with Gasteiger partial charge in [0.1, 0.15) is 5.60 Å². The van der Waals surface area contributed by atoms with E-state index in [0.717, 1.165) is 0 Å². The Morgan fingerprint density at radius 3 is 2.27 bits per heavy atom. The molecule has 0 aromatic rings. The third-order valence-corrected chi connectivity index (χ3v) is 4.10. The number of carbonyl (C=O) groups excluding carboxylic acids is 2. The van der Waals surface area contributed by atoms with Crippen molar-refractivity contribution in [3.8, 4) is 0 Å². The summed E-state index contributed by atoms with van der Waals surface area (Å²) in [5, 5.41) is 0. The van der Waals surface area contributed by atoms with Gasteiger partial charge in [-0.3, -0.25) is 4.79 Å². The van der Waals surface area contributed by atoms with E-state index in [4.69, 9.17) is 9.47 Å². The molecule has 1 rings (SSSR count). The lowest BCUT2D eigenvalue weighted by atomic mass is 9.79. The Labute approximate surface area is 133 Å². The fourth-order valence-electron chi connectivity index (χ4n) is 2.87. The van der Waals surface area contributed by atoms with Crippen molar-refractivity contribution in [2.75, 3.05) is 34.3 Å². The molecule has 1 aliphatic heterocycles. The Balaban J connectivity index is 2.88. The molecular weight excluding hydrogens is 284 g/mol. The molecule has 1 aliphatic rings. The van der Waals surface area contributed by atoms with Crippen LogP contribution in [-0.2, 0) is 14.3 Å². The van der Waals surface area contributed by atoms with E-state index in [-0.39, 0.29) is 18.1 Å². The second-order valence-electron chi connectivity index (χ2n) is 7.35. The van der Waals surface area contributed by atoms with Gasteiger partial charge in [0.25, 0.3) is 0 Å². The predicted molar refractivity (Wildman–Crippen MR) is 84.6 cm³/mol. The highest BCUT2D eigenvalue weighted by Gasteiger charge is 2.45. The minimum atomic E-state index is -0.630. The molecule has 0 radical (unpaired) electrons. The number of carbonyl (C=O) groups is 2. The molecule has 0 saturated carbocycles. The van der Waals surface area contributed by atoms with Crippen LogP contribution in [0.1, 0.15) is 40.5 Å². The largest absolute Gasteiger partial charge is 0.444 e. The summed E-state index contributed by atoms with van der Waals surface area (Å²) in [6, 6.07) is 0. The van der Waals surface area contributed by atoms with Gasteiger partial charge in [0, 0.05) is 34.3 Å². The zero-order valence-electron chi connectivity index (χ0n) is 14.9. The van der Waals surface area contributed by atoms with Crippen molar-refractivity contribution in [3.05, 3.63) is 0 Å². The number of hydrogen-bond donors (Lipinski definition) is 0. The predicted octanol–water partition coefficient (Wildman–Crippen LogP) is 2.13. The van der Waals surface area contributed by atoms with Crippen LogP contribution in [0.5, 0.6) is 0 Å². The van der Waals surface area contributed by atoms with E-state index in [0.29, 0.717) is 25.9 Å². The lowest BCUT2D eigenvalue weighted by Crippen LogP contribution is -2.47. The molecule has 128 valence electrons. The fraction of sp³-hybridized carbons (Fsp3) is 0.875. The third-order valence-electron chi connectivity index (χ3n) is 4.10. The standard InChI is InChI=1S/C16H30N2O4/c1-15(2,3)22-14(20)18-10-8-12(21-7)16(4,9-11-18)13(19)17(5)6/h12H,8-11H2,1-7H3/t12-,16+/m1/s1. The molecule has 6 nitrogen and oxygen atoms in total. The van der Waals surface area contributed by atoms with Crippen molar-refractivity contribution in [2.45, 2.75) is 52.2 Å². The average molecular weight is 314 g/mol. The summed E-state index contributed by atoms with van der Waals surface area (Å²) in [7, 11) is 5.11. The van der Waals surface area contributed by atoms with Crippen LogP contribution in [0.25, 0.3) is 0 Å². The van der Waals surface area contributed by atoms with Crippen LogP contribution >= 0.6 is 0 Å². The van der Waals surface area contributed by atoms with E-state index in [2.05, 4.69) is 0 Å². The van der Waals surface area contributed by atoms with Gasteiger partial charge in [0.15, 0.2) is 0 Å². The lowest BCUT2D eigenvalue weighted by molar-refractivity contribution is -0.147. The average Bonchev–Trinajstić information content (AvgIpc) is 2.55. The molecule has 1 heterocycles. The van der Waals surface area contributed by atoms with Crippen LogP contribution in [0, 0.1) is 5.41 Å². The van der Waals surface area contributed by atoms with Crippen LogP contribution in [0.3, 0.4) is 0 Å². The van der Waals surface area contributed by atoms with Gasteiger partial charge in [-0.1, -0.05) is 0 Å². The molecule has 0 bridgehead atoms. The lowest BCUT2D eigenvalue weighted by Gasteiger charge is -2.35. The zero-order chi connectivity index (χ0) is 17.1. The number of likely N-dealkylation sites (tertiary alicyclic amines) is 1. The first-order valence-corrected chi connectivity index (χ1v) is 7.74. The molecule has 22 heavy (non-hydrogen) atoms. The van der Waals surface area contributed by atoms with Gasteiger partial charge in [-0.25, -0.2) is 4.79 Å². The second-order valence-corrected chi connectivity index (χ2v) is 7.35. The molecule has 2 amide bonds. The summed E-state index contributed by atoms with van der Waals surface area (Å²) in [6.45, 7) is 8.48. The zero-order valence-corrected chi connectivity index (χ0v) is 14.9. The molecule has 0 unspecified atom stereocenters. The smallest absolute Gasteiger partial charge is 0.410 e. The van der Waals surface area contributed by atoms with Crippen LogP contribution < -0.4 is 0 Å². The van der Waals surface area contributed by atoms with E-state index in [1.807, 2.05) is 27.7 Å². The topological polar surface area (TPSA) is 59.1 Å². The van der Waals surface area contributed by atoms with Gasteiger partial charge >= 0.3 is 6.09 Å². The Morgan fingerprint density at radius 2 is 1.82 bits per heavy atom. The number of hydrogen-bond acceptors (Lipinski definition) is 4. The highest BCUT2D eigenvalue weighted by molar-refractivity contribution is 5.82. The maximum atomic E-state index is 12.6. The first kappa shape index (κ1) is 18.7. The summed E-state index contributed by atoms with van der Waals surface area (Å²) in [4.78, 5) is 28.1. The van der Waals surface area contributed by atoms with E-state index in [1.54, 1.807) is 31.0 Å². The summed E-state index contributed by atoms with van der Waals surface area (Å²) < 4.78 is 11.0. The number of nitrogens with zero attached hydrogens (tertiary/aromatic N) is 2. The summed E-state index contributed by atoms with van der Waals surface area (Å²) in [5.74, 6) is 0.0328. The van der Waals surface area contributed by atoms with Crippen LogP contribution in [0.2, 0.25) is 0 Å². The Bertz CT molecular complexity index is 417. The van der Waals surface area contributed by atoms with E-state index >= 15 is 0 Å². The van der Waals surface area contributed by atoms with Gasteiger partial charge in [0.05, 0.1) is 11.5 Å². The van der Waals surface area contributed by atoms with E-state index in [9.17, 15) is 9.59 Å². The molecule has 2 atom stereocenters.